The molecule has 3 aromatic rings. The van der Waals surface area contributed by atoms with Crippen LogP contribution in [0.1, 0.15) is 49.7 Å². The summed E-state index contributed by atoms with van der Waals surface area (Å²) in [7, 11) is 3.15. The van der Waals surface area contributed by atoms with Crippen LogP contribution in [0.5, 0.6) is 0 Å². The third-order valence-electron chi connectivity index (χ3n) is 6.88. The minimum Gasteiger partial charge on any atom is -0.394 e. The number of rotatable bonds is 7. The molecule has 1 saturated carbocycles. The van der Waals surface area contributed by atoms with Crippen molar-refractivity contribution in [3.8, 4) is 0 Å². The Bertz CT molecular complexity index is 1300. The second-order valence-electron chi connectivity index (χ2n) is 9.36. The number of nitrogens with zero attached hydrogens (tertiary/aromatic N) is 4. The van der Waals surface area contributed by atoms with Gasteiger partial charge in [-0.3, -0.25) is 13.9 Å². The molecule has 190 valence electrons. The van der Waals surface area contributed by atoms with Crippen LogP contribution in [-0.2, 0) is 26.8 Å². The number of nitrogens with one attached hydrogen (secondary N) is 1. The Balaban J connectivity index is 1.65. The standard InChI is InChI=1S/C24H30F3N5O3/c1-30-19-20(29-22(30)28-18(14-33)12-15-6-4-3-5-7-15)31(2)23(35)32(21(19)34)13-16-8-10-17(11-9-16)24(25,26)27/h8-11,15,18,33H,3-7,12-14H2,1-2H3,(H,28,29). The molecule has 4 rings (SSSR count). The third-order valence-corrected chi connectivity index (χ3v) is 6.88. The van der Waals surface area contributed by atoms with Gasteiger partial charge in [0.05, 0.1) is 24.8 Å². The van der Waals surface area contributed by atoms with Gasteiger partial charge in [0.1, 0.15) is 0 Å². The van der Waals surface area contributed by atoms with Gasteiger partial charge in [-0.15, -0.1) is 0 Å². The number of aliphatic hydroxyl groups is 1. The summed E-state index contributed by atoms with van der Waals surface area (Å²) in [5, 5.41) is 13.2. The van der Waals surface area contributed by atoms with Gasteiger partial charge >= 0.3 is 11.9 Å². The van der Waals surface area contributed by atoms with Gasteiger partial charge in [0, 0.05) is 14.1 Å². The zero-order chi connectivity index (χ0) is 25.3. The molecule has 0 saturated heterocycles. The topological polar surface area (TPSA) is 94.1 Å². The van der Waals surface area contributed by atoms with Crippen LogP contribution in [0.2, 0.25) is 0 Å². The molecule has 0 aliphatic heterocycles. The summed E-state index contributed by atoms with van der Waals surface area (Å²) in [6.45, 7) is -0.259. The molecule has 35 heavy (non-hydrogen) atoms. The fourth-order valence-electron chi connectivity index (χ4n) is 4.88. The highest BCUT2D eigenvalue weighted by Gasteiger charge is 2.30. The Morgan fingerprint density at radius 1 is 1.09 bits per heavy atom. The SMILES string of the molecule is Cn1c(NC(CO)CC2CCCCC2)nc2c1c(=O)n(Cc1ccc(C(F)(F)F)cc1)c(=O)n2C. The Labute approximate surface area is 200 Å². The van der Waals surface area contributed by atoms with Crippen molar-refractivity contribution >= 4 is 17.1 Å². The molecule has 2 aromatic heterocycles. The van der Waals surface area contributed by atoms with Crippen LogP contribution in [0.15, 0.2) is 33.9 Å². The van der Waals surface area contributed by atoms with Gasteiger partial charge in [-0.1, -0.05) is 44.2 Å². The highest BCUT2D eigenvalue weighted by Crippen LogP contribution is 2.30. The highest BCUT2D eigenvalue weighted by atomic mass is 19.4. The number of benzene rings is 1. The quantitative estimate of drug-likeness (QED) is 0.527. The van der Waals surface area contributed by atoms with E-state index in [1.165, 1.54) is 43.0 Å². The molecule has 2 N–H and O–H groups in total. The lowest BCUT2D eigenvalue weighted by molar-refractivity contribution is -0.137. The Morgan fingerprint density at radius 3 is 2.34 bits per heavy atom. The fraction of sp³-hybridized carbons (Fsp3) is 0.542. The van der Waals surface area contributed by atoms with Crippen LogP contribution >= 0.6 is 0 Å². The van der Waals surface area contributed by atoms with Crippen LogP contribution in [0.3, 0.4) is 0 Å². The minimum atomic E-state index is -4.47. The first-order chi connectivity index (χ1) is 16.6. The number of fused-ring (bicyclic) bond motifs is 1. The molecule has 1 unspecified atom stereocenters. The van der Waals surface area contributed by atoms with Gasteiger partial charge in [-0.05, 0) is 30.0 Å². The molecule has 1 aliphatic carbocycles. The largest absolute Gasteiger partial charge is 0.416 e. The summed E-state index contributed by atoms with van der Waals surface area (Å²) >= 11 is 0. The maximum atomic E-state index is 13.3. The number of imidazole rings is 1. The number of aromatic nitrogens is 4. The van der Waals surface area contributed by atoms with E-state index in [4.69, 9.17) is 0 Å². The maximum Gasteiger partial charge on any atom is 0.416 e. The molecule has 1 aromatic carbocycles. The average Bonchev–Trinajstić information content (AvgIpc) is 3.16. The van der Waals surface area contributed by atoms with Gasteiger partial charge in [0.25, 0.3) is 5.56 Å². The Morgan fingerprint density at radius 2 is 1.74 bits per heavy atom. The molecule has 0 spiro atoms. The number of aryl methyl sites for hydroxylation is 2. The smallest absolute Gasteiger partial charge is 0.394 e. The monoisotopic (exact) mass is 493 g/mol. The predicted octanol–water partition coefficient (Wildman–Crippen LogP) is 3.24. The molecule has 8 nitrogen and oxygen atoms in total. The summed E-state index contributed by atoms with van der Waals surface area (Å²) in [6.07, 6.45) is 2.20. The first-order valence-corrected chi connectivity index (χ1v) is 11.8. The van der Waals surface area contributed by atoms with Crippen molar-refractivity contribution < 1.29 is 18.3 Å². The first-order valence-electron chi connectivity index (χ1n) is 11.8. The summed E-state index contributed by atoms with van der Waals surface area (Å²) in [4.78, 5) is 30.7. The molecule has 1 atom stereocenters. The molecule has 1 aliphatic rings. The second-order valence-corrected chi connectivity index (χ2v) is 9.36. The van der Waals surface area contributed by atoms with E-state index in [2.05, 4.69) is 10.3 Å². The van der Waals surface area contributed by atoms with Crippen molar-refractivity contribution in [2.75, 3.05) is 11.9 Å². The van der Waals surface area contributed by atoms with E-state index in [0.29, 0.717) is 17.4 Å². The third kappa shape index (κ3) is 5.14. The van der Waals surface area contributed by atoms with E-state index in [1.54, 1.807) is 11.6 Å². The van der Waals surface area contributed by atoms with E-state index in [0.717, 1.165) is 36.0 Å². The summed E-state index contributed by atoms with van der Waals surface area (Å²) in [5.74, 6) is 0.891. The Kier molecular flexibility index (Phi) is 7.07. The average molecular weight is 494 g/mol. The lowest BCUT2D eigenvalue weighted by atomic mass is 9.85. The lowest BCUT2D eigenvalue weighted by Gasteiger charge is -2.26. The number of anilines is 1. The van der Waals surface area contributed by atoms with Crippen molar-refractivity contribution in [2.24, 2.45) is 20.0 Å². The second kappa shape index (κ2) is 9.88. The summed E-state index contributed by atoms with van der Waals surface area (Å²) in [6, 6.07) is 4.13. The van der Waals surface area contributed by atoms with Crippen molar-refractivity contribution in [3.63, 3.8) is 0 Å². The Hall–Kier alpha value is -3.08. The van der Waals surface area contributed by atoms with Crippen molar-refractivity contribution in [1.82, 2.24) is 18.7 Å². The van der Waals surface area contributed by atoms with E-state index in [1.807, 2.05) is 0 Å². The van der Waals surface area contributed by atoms with Gasteiger partial charge in [0.2, 0.25) is 5.95 Å². The number of alkyl halides is 3. The van der Waals surface area contributed by atoms with Gasteiger partial charge in [-0.2, -0.15) is 18.2 Å². The molecule has 0 bridgehead atoms. The number of aliphatic hydroxyl groups excluding tert-OH is 1. The molecule has 0 amide bonds. The van der Waals surface area contributed by atoms with Gasteiger partial charge in [0.15, 0.2) is 11.2 Å². The molecule has 0 radical (unpaired) electrons. The maximum absolute atomic E-state index is 13.3. The van der Waals surface area contributed by atoms with Crippen LogP contribution < -0.4 is 16.6 Å². The summed E-state index contributed by atoms with van der Waals surface area (Å²) in [5.41, 5.74) is -1.22. The zero-order valence-electron chi connectivity index (χ0n) is 19.8. The van der Waals surface area contributed by atoms with Crippen molar-refractivity contribution in [2.45, 2.75) is 57.3 Å². The van der Waals surface area contributed by atoms with E-state index in [9.17, 15) is 27.9 Å². The molecule has 11 heteroatoms. The number of hydrogen-bond acceptors (Lipinski definition) is 5. The minimum absolute atomic E-state index is 0.0865. The van der Waals surface area contributed by atoms with Crippen LogP contribution in [0.25, 0.3) is 11.2 Å². The van der Waals surface area contributed by atoms with Crippen molar-refractivity contribution in [1.29, 1.82) is 0 Å². The molecule has 2 heterocycles. The highest BCUT2D eigenvalue weighted by molar-refractivity contribution is 5.74. The molecular weight excluding hydrogens is 463 g/mol. The molecule has 1 fully saturated rings. The van der Waals surface area contributed by atoms with Crippen LogP contribution in [-0.4, -0.2) is 36.4 Å². The molecular formula is C24H30F3N5O3. The predicted molar refractivity (Wildman–Crippen MR) is 126 cm³/mol. The van der Waals surface area contributed by atoms with Gasteiger partial charge in [-0.25, -0.2) is 4.79 Å². The zero-order valence-corrected chi connectivity index (χ0v) is 19.8. The first kappa shape index (κ1) is 25.0. The number of hydrogen-bond donors (Lipinski definition) is 2. The summed E-state index contributed by atoms with van der Waals surface area (Å²) < 4.78 is 42.4. The normalized spacial score (nSPS) is 16.1. The van der Waals surface area contributed by atoms with E-state index < -0.39 is 23.0 Å². The van der Waals surface area contributed by atoms with E-state index in [-0.39, 0.29) is 30.4 Å². The van der Waals surface area contributed by atoms with E-state index >= 15 is 0 Å². The van der Waals surface area contributed by atoms with Crippen molar-refractivity contribution in [3.05, 3.63) is 56.2 Å². The van der Waals surface area contributed by atoms with Crippen LogP contribution in [0, 0.1) is 5.92 Å². The number of halogens is 3. The van der Waals surface area contributed by atoms with Gasteiger partial charge < -0.3 is 15.0 Å². The van der Waals surface area contributed by atoms with Crippen LogP contribution in [0.4, 0.5) is 19.1 Å². The lowest BCUT2D eigenvalue weighted by Crippen LogP contribution is -2.39. The fourth-order valence-corrected chi connectivity index (χ4v) is 4.88.